The van der Waals surface area contributed by atoms with Gasteiger partial charge in [-0.1, -0.05) is 12.8 Å². The van der Waals surface area contributed by atoms with Crippen molar-refractivity contribution in [3.63, 3.8) is 0 Å². The summed E-state index contributed by atoms with van der Waals surface area (Å²) in [6, 6.07) is 0. The summed E-state index contributed by atoms with van der Waals surface area (Å²) in [5.41, 5.74) is 3.39. The van der Waals surface area contributed by atoms with E-state index < -0.39 is 0 Å². The zero-order valence-electron chi connectivity index (χ0n) is 10.7. The first-order chi connectivity index (χ1) is 8.43. The average Bonchev–Trinajstić information content (AvgIpc) is 2.59. The highest BCUT2D eigenvalue weighted by Crippen LogP contribution is 2.31. The Kier molecular flexibility index (Phi) is 3.82. The van der Waals surface area contributed by atoms with E-state index in [4.69, 9.17) is 0 Å². The molecule has 0 bridgehead atoms. The molecule has 0 amide bonds. The molecule has 0 N–H and O–H groups in total. The minimum atomic E-state index is 1.23. The Balaban J connectivity index is 1.69. The van der Waals surface area contributed by atoms with Gasteiger partial charge in [-0.15, -0.1) is 11.3 Å². The summed E-state index contributed by atoms with van der Waals surface area (Å²) in [6.07, 6.45) is 11.2. The van der Waals surface area contributed by atoms with E-state index in [1.54, 1.807) is 16.0 Å². The number of nitrogens with zero attached hydrogens (tertiary/aromatic N) is 1. The van der Waals surface area contributed by atoms with Crippen LogP contribution < -0.4 is 0 Å². The van der Waals surface area contributed by atoms with Gasteiger partial charge in [0.05, 0.1) is 0 Å². The van der Waals surface area contributed by atoms with Gasteiger partial charge in [-0.05, 0) is 68.1 Å². The van der Waals surface area contributed by atoms with E-state index >= 15 is 0 Å². The van der Waals surface area contributed by atoms with Crippen molar-refractivity contribution < 1.29 is 0 Å². The first-order valence-corrected chi connectivity index (χ1v) is 8.12. The van der Waals surface area contributed by atoms with Gasteiger partial charge in [0.25, 0.3) is 0 Å². The number of rotatable bonds is 2. The van der Waals surface area contributed by atoms with E-state index in [1.807, 2.05) is 11.3 Å². The van der Waals surface area contributed by atoms with Crippen molar-refractivity contribution in [3.8, 4) is 0 Å². The highest BCUT2D eigenvalue weighted by atomic mass is 32.1. The van der Waals surface area contributed by atoms with Crippen LogP contribution in [0.3, 0.4) is 0 Å². The van der Waals surface area contributed by atoms with E-state index in [0.717, 1.165) is 0 Å². The van der Waals surface area contributed by atoms with Gasteiger partial charge in [0, 0.05) is 11.4 Å². The Hall–Kier alpha value is -0.340. The highest BCUT2D eigenvalue weighted by molar-refractivity contribution is 7.10. The maximum Gasteiger partial charge on any atom is 0.0244 e. The monoisotopic (exact) mass is 249 g/mol. The van der Waals surface area contributed by atoms with Gasteiger partial charge >= 0.3 is 0 Å². The number of likely N-dealkylation sites (tertiary alicyclic amines) is 1. The van der Waals surface area contributed by atoms with Crippen LogP contribution in [-0.2, 0) is 19.4 Å². The molecule has 1 aromatic heterocycles. The minimum absolute atomic E-state index is 1.23. The molecule has 0 unspecified atom stereocenters. The molecule has 1 saturated heterocycles. The molecule has 1 aliphatic heterocycles. The van der Waals surface area contributed by atoms with Crippen LogP contribution in [0.4, 0.5) is 0 Å². The predicted octanol–water partition coefficient (Wildman–Crippen LogP) is 4.00. The number of hydrogen-bond donors (Lipinski definition) is 0. The van der Waals surface area contributed by atoms with Gasteiger partial charge in [0.1, 0.15) is 0 Å². The van der Waals surface area contributed by atoms with Gasteiger partial charge in [0.15, 0.2) is 0 Å². The summed E-state index contributed by atoms with van der Waals surface area (Å²) in [7, 11) is 0. The largest absolute Gasteiger partial charge is 0.299 e. The van der Waals surface area contributed by atoms with Crippen LogP contribution in [0, 0.1) is 0 Å². The molecule has 0 radical (unpaired) electrons. The van der Waals surface area contributed by atoms with Crippen LogP contribution in [0.1, 0.15) is 54.5 Å². The second kappa shape index (κ2) is 5.53. The molecule has 1 aliphatic carbocycles. The Morgan fingerprint density at radius 3 is 2.53 bits per heavy atom. The first-order valence-electron chi connectivity index (χ1n) is 7.24. The number of fused-ring (bicyclic) bond motifs is 1. The van der Waals surface area contributed by atoms with Crippen molar-refractivity contribution in [2.24, 2.45) is 0 Å². The van der Waals surface area contributed by atoms with Crippen molar-refractivity contribution >= 4 is 11.3 Å². The van der Waals surface area contributed by atoms with Crippen LogP contribution in [0.15, 0.2) is 5.38 Å². The van der Waals surface area contributed by atoms with Crippen LogP contribution >= 0.6 is 11.3 Å². The van der Waals surface area contributed by atoms with Crippen molar-refractivity contribution in [2.75, 3.05) is 13.1 Å². The lowest BCUT2D eigenvalue weighted by molar-refractivity contribution is 0.276. The van der Waals surface area contributed by atoms with Gasteiger partial charge in [-0.3, -0.25) is 4.90 Å². The minimum Gasteiger partial charge on any atom is -0.299 e. The third kappa shape index (κ3) is 2.74. The molecule has 0 aromatic carbocycles. The fourth-order valence-corrected chi connectivity index (χ4v) is 4.37. The van der Waals surface area contributed by atoms with Gasteiger partial charge in [-0.2, -0.15) is 0 Å². The molecule has 0 atom stereocenters. The molecule has 0 spiro atoms. The van der Waals surface area contributed by atoms with E-state index in [1.165, 1.54) is 71.0 Å². The molecule has 0 saturated carbocycles. The molecule has 1 nitrogen and oxygen atoms in total. The van der Waals surface area contributed by atoms with E-state index in [2.05, 4.69) is 10.3 Å². The van der Waals surface area contributed by atoms with Gasteiger partial charge in [0.2, 0.25) is 0 Å². The zero-order chi connectivity index (χ0) is 11.5. The molecule has 2 heteroatoms. The van der Waals surface area contributed by atoms with E-state index in [9.17, 15) is 0 Å². The van der Waals surface area contributed by atoms with Crippen LogP contribution in [0.2, 0.25) is 0 Å². The summed E-state index contributed by atoms with van der Waals surface area (Å²) < 4.78 is 0. The molecule has 3 rings (SSSR count). The molecular weight excluding hydrogens is 226 g/mol. The number of hydrogen-bond acceptors (Lipinski definition) is 2. The average molecular weight is 249 g/mol. The van der Waals surface area contributed by atoms with Crippen molar-refractivity contribution in [3.05, 3.63) is 21.4 Å². The highest BCUT2D eigenvalue weighted by Gasteiger charge is 2.17. The van der Waals surface area contributed by atoms with E-state index in [0.29, 0.717) is 0 Å². The van der Waals surface area contributed by atoms with Crippen molar-refractivity contribution in [2.45, 2.75) is 57.9 Å². The molecule has 2 heterocycles. The maximum absolute atomic E-state index is 2.68. The van der Waals surface area contributed by atoms with Crippen molar-refractivity contribution in [1.82, 2.24) is 4.90 Å². The quantitative estimate of drug-likeness (QED) is 0.765. The fraction of sp³-hybridized carbons (Fsp3) is 0.733. The first kappa shape index (κ1) is 11.7. The molecule has 2 aliphatic rings. The number of thiophene rings is 1. The SMILES string of the molecule is c1sc2c(c1CN1CCCCCC1)CCCC2. The Morgan fingerprint density at radius 2 is 1.71 bits per heavy atom. The topological polar surface area (TPSA) is 3.24 Å². The third-order valence-electron chi connectivity index (χ3n) is 4.24. The molecule has 94 valence electrons. The Labute approximate surface area is 109 Å². The summed E-state index contributed by atoms with van der Waals surface area (Å²) in [4.78, 5) is 4.38. The molecular formula is C15H23NS. The third-order valence-corrected chi connectivity index (χ3v) is 5.38. The van der Waals surface area contributed by atoms with Gasteiger partial charge in [-0.25, -0.2) is 0 Å². The summed E-state index contributed by atoms with van der Waals surface area (Å²) in [6.45, 7) is 3.88. The van der Waals surface area contributed by atoms with Crippen LogP contribution in [-0.4, -0.2) is 18.0 Å². The normalized spacial score (nSPS) is 22.1. The zero-order valence-corrected chi connectivity index (χ0v) is 11.5. The fourth-order valence-electron chi connectivity index (χ4n) is 3.23. The molecule has 1 aromatic rings. The number of aryl methyl sites for hydroxylation is 1. The Bertz CT molecular complexity index is 361. The lowest BCUT2D eigenvalue weighted by Gasteiger charge is -2.21. The lowest BCUT2D eigenvalue weighted by atomic mass is 9.96. The maximum atomic E-state index is 2.68. The predicted molar refractivity (Wildman–Crippen MR) is 74.7 cm³/mol. The second-order valence-corrected chi connectivity index (χ2v) is 6.52. The van der Waals surface area contributed by atoms with Crippen LogP contribution in [0.25, 0.3) is 0 Å². The van der Waals surface area contributed by atoms with Gasteiger partial charge < -0.3 is 0 Å². The summed E-state index contributed by atoms with van der Waals surface area (Å²) in [5.74, 6) is 0. The van der Waals surface area contributed by atoms with E-state index in [-0.39, 0.29) is 0 Å². The standard InChI is InChI=1S/C15H23NS/c1-2-6-10-16(9-5-1)11-13-12-17-15-8-4-3-7-14(13)15/h12H,1-11H2. The second-order valence-electron chi connectivity index (χ2n) is 5.56. The molecule has 1 fully saturated rings. The summed E-state index contributed by atoms with van der Waals surface area (Å²) in [5, 5.41) is 2.45. The van der Waals surface area contributed by atoms with Crippen molar-refractivity contribution in [1.29, 1.82) is 0 Å². The molecule has 17 heavy (non-hydrogen) atoms. The summed E-state index contributed by atoms with van der Waals surface area (Å²) >= 11 is 2.02. The lowest BCUT2D eigenvalue weighted by Crippen LogP contribution is -2.24. The smallest absolute Gasteiger partial charge is 0.0244 e. The van der Waals surface area contributed by atoms with Crippen LogP contribution in [0.5, 0.6) is 0 Å². The Morgan fingerprint density at radius 1 is 0.941 bits per heavy atom.